The first-order valence-electron chi connectivity index (χ1n) is 4.81. The van der Waals surface area contributed by atoms with Gasteiger partial charge in [-0.2, -0.15) is 13.2 Å². The van der Waals surface area contributed by atoms with Crippen molar-refractivity contribution in [2.75, 3.05) is 0 Å². The molecule has 1 heterocycles. The number of pyridine rings is 1. The summed E-state index contributed by atoms with van der Waals surface area (Å²) in [6.45, 7) is 0. The molecule has 2 rings (SSSR count). The number of benzene rings is 1. The molecule has 1 N–H and O–H groups in total. The van der Waals surface area contributed by atoms with Crippen LogP contribution >= 0.6 is 23.2 Å². The highest BCUT2D eigenvalue weighted by molar-refractivity contribution is 6.39. The van der Waals surface area contributed by atoms with E-state index in [2.05, 4.69) is 4.98 Å². The minimum absolute atomic E-state index is 0.0552. The molecule has 0 saturated heterocycles. The van der Waals surface area contributed by atoms with Crippen molar-refractivity contribution in [1.82, 2.24) is 4.98 Å². The number of aromatic nitrogens is 1. The quantitative estimate of drug-likeness (QED) is 0.856. The van der Waals surface area contributed by atoms with Crippen LogP contribution in [0.3, 0.4) is 0 Å². The predicted molar refractivity (Wildman–Crippen MR) is 63.7 cm³/mol. The van der Waals surface area contributed by atoms with Crippen molar-refractivity contribution >= 4 is 40.1 Å². The number of nitrogens with zero attached hydrogens (tertiary/aromatic N) is 1. The summed E-state index contributed by atoms with van der Waals surface area (Å²) < 4.78 is 38.4. The van der Waals surface area contributed by atoms with Crippen LogP contribution in [0, 0.1) is 0 Å². The Kier molecular flexibility index (Phi) is 3.32. The number of aromatic carboxylic acids is 1. The molecular formula is C11H4Cl2F3NO2. The van der Waals surface area contributed by atoms with Crippen LogP contribution in [0.5, 0.6) is 0 Å². The van der Waals surface area contributed by atoms with Gasteiger partial charge in [-0.3, -0.25) is 0 Å². The van der Waals surface area contributed by atoms with Crippen molar-refractivity contribution in [2.24, 2.45) is 0 Å². The van der Waals surface area contributed by atoms with E-state index in [1.165, 1.54) is 18.2 Å². The molecule has 0 amide bonds. The number of fused-ring (bicyclic) bond motifs is 1. The Balaban J connectivity index is 2.94. The first kappa shape index (κ1) is 13.9. The molecule has 0 aliphatic carbocycles. The lowest BCUT2D eigenvalue weighted by molar-refractivity contribution is -0.141. The maximum absolute atomic E-state index is 12.8. The Hall–Kier alpha value is -1.53. The maximum Gasteiger partial charge on any atom is 0.434 e. The summed E-state index contributed by atoms with van der Waals surface area (Å²) in [7, 11) is 0. The van der Waals surface area contributed by atoms with E-state index in [4.69, 9.17) is 28.3 Å². The van der Waals surface area contributed by atoms with E-state index < -0.39 is 28.4 Å². The molecule has 100 valence electrons. The van der Waals surface area contributed by atoms with Crippen LogP contribution in [-0.4, -0.2) is 16.1 Å². The van der Waals surface area contributed by atoms with Crippen molar-refractivity contribution in [3.63, 3.8) is 0 Å². The van der Waals surface area contributed by atoms with Gasteiger partial charge in [0.05, 0.1) is 10.5 Å². The monoisotopic (exact) mass is 309 g/mol. The van der Waals surface area contributed by atoms with Gasteiger partial charge in [0.15, 0.2) is 5.69 Å². The van der Waals surface area contributed by atoms with Crippen LogP contribution < -0.4 is 0 Å². The molecule has 0 unspecified atom stereocenters. The van der Waals surface area contributed by atoms with Gasteiger partial charge < -0.3 is 5.11 Å². The van der Waals surface area contributed by atoms with E-state index in [9.17, 15) is 18.0 Å². The molecule has 0 aliphatic heterocycles. The summed E-state index contributed by atoms with van der Waals surface area (Å²) in [6, 6.07) is 3.84. The average molecular weight is 310 g/mol. The largest absolute Gasteiger partial charge is 0.478 e. The number of alkyl halides is 3. The third kappa shape index (κ3) is 2.46. The zero-order valence-electron chi connectivity index (χ0n) is 8.92. The van der Waals surface area contributed by atoms with Gasteiger partial charge in [-0.05, 0) is 18.2 Å². The number of halogens is 5. The van der Waals surface area contributed by atoms with Gasteiger partial charge in [-0.15, -0.1) is 0 Å². The zero-order chi connectivity index (χ0) is 14.4. The first-order chi connectivity index (χ1) is 8.71. The maximum atomic E-state index is 12.8. The molecule has 8 heteroatoms. The minimum atomic E-state index is -4.91. The molecule has 0 spiro atoms. The molecule has 1 aromatic heterocycles. The highest BCUT2D eigenvalue weighted by Gasteiger charge is 2.39. The molecule has 0 saturated carbocycles. The molecular weight excluding hydrogens is 306 g/mol. The number of carboxylic acids is 1. The van der Waals surface area contributed by atoms with Crippen LogP contribution in [0.25, 0.3) is 10.9 Å². The van der Waals surface area contributed by atoms with Crippen LogP contribution in [0.15, 0.2) is 18.2 Å². The van der Waals surface area contributed by atoms with Crippen molar-refractivity contribution in [1.29, 1.82) is 0 Å². The van der Waals surface area contributed by atoms with Crippen molar-refractivity contribution in [3.8, 4) is 0 Å². The third-order valence-electron chi connectivity index (χ3n) is 2.37. The topological polar surface area (TPSA) is 50.2 Å². The van der Waals surface area contributed by atoms with E-state index in [1.807, 2.05) is 0 Å². The summed E-state index contributed by atoms with van der Waals surface area (Å²) in [5, 5.41) is 8.62. The van der Waals surface area contributed by atoms with E-state index in [1.54, 1.807) is 0 Å². The highest BCUT2D eigenvalue weighted by atomic mass is 35.5. The molecule has 0 fully saturated rings. The van der Waals surface area contributed by atoms with Crippen molar-refractivity contribution in [2.45, 2.75) is 6.18 Å². The van der Waals surface area contributed by atoms with Crippen LogP contribution in [-0.2, 0) is 6.18 Å². The second kappa shape index (κ2) is 4.54. The molecule has 1 aromatic carbocycles. The summed E-state index contributed by atoms with van der Waals surface area (Å²) >= 11 is 11.4. The summed E-state index contributed by atoms with van der Waals surface area (Å²) in [5.74, 6) is -1.80. The van der Waals surface area contributed by atoms with Gasteiger partial charge in [0.1, 0.15) is 5.56 Å². The lowest BCUT2D eigenvalue weighted by atomic mass is 10.1. The molecule has 2 aromatic rings. The van der Waals surface area contributed by atoms with Gasteiger partial charge in [-0.1, -0.05) is 23.2 Å². The van der Waals surface area contributed by atoms with Gasteiger partial charge in [-0.25, -0.2) is 9.78 Å². The Morgan fingerprint density at radius 3 is 2.42 bits per heavy atom. The smallest absolute Gasteiger partial charge is 0.434 e. The number of carboxylic acid groups (broad SMARTS) is 1. The number of hydrogen-bond acceptors (Lipinski definition) is 2. The molecule has 0 aliphatic rings. The number of carbonyl (C=O) groups is 1. The lowest BCUT2D eigenvalue weighted by Crippen LogP contribution is -2.16. The summed E-state index contributed by atoms with van der Waals surface area (Å²) in [6.07, 6.45) is -4.91. The fraction of sp³-hybridized carbons (Fsp3) is 0.0909. The standard InChI is InChI=1S/C11H4Cl2F3NO2/c12-4-1-2-6-5(3-4)8(13)7(10(18)19)9(17-6)11(14,15)16/h1-3H,(H,18,19). The first-order valence-corrected chi connectivity index (χ1v) is 5.56. The van der Waals surface area contributed by atoms with Gasteiger partial charge in [0, 0.05) is 10.4 Å². The second-order valence-corrected chi connectivity index (χ2v) is 4.43. The lowest BCUT2D eigenvalue weighted by Gasteiger charge is -2.12. The fourth-order valence-corrected chi connectivity index (χ4v) is 2.09. The zero-order valence-corrected chi connectivity index (χ0v) is 10.4. The van der Waals surface area contributed by atoms with Crippen molar-refractivity contribution in [3.05, 3.63) is 39.5 Å². The van der Waals surface area contributed by atoms with E-state index >= 15 is 0 Å². The average Bonchev–Trinajstić information content (AvgIpc) is 2.27. The molecule has 19 heavy (non-hydrogen) atoms. The van der Waals surface area contributed by atoms with Gasteiger partial charge in [0.25, 0.3) is 0 Å². The third-order valence-corrected chi connectivity index (χ3v) is 2.99. The Labute approximate surface area is 114 Å². The molecule has 0 atom stereocenters. The normalized spacial score (nSPS) is 11.8. The minimum Gasteiger partial charge on any atom is -0.478 e. The number of rotatable bonds is 1. The highest BCUT2D eigenvalue weighted by Crippen LogP contribution is 2.37. The van der Waals surface area contributed by atoms with Crippen LogP contribution in [0.2, 0.25) is 10.0 Å². The van der Waals surface area contributed by atoms with E-state index in [0.717, 1.165) is 0 Å². The predicted octanol–water partition coefficient (Wildman–Crippen LogP) is 4.26. The second-order valence-electron chi connectivity index (χ2n) is 3.61. The van der Waals surface area contributed by atoms with Crippen LogP contribution in [0.1, 0.15) is 16.1 Å². The van der Waals surface area contributed by atoms with Gasteiger partial charge >= 0.3 is 12.1 Å². The fourth-order valence-electron chi connectivity index (χ4n) is 1.60. The molecule has 0 radical (unpaired) electrons. The van der Waals surface area contributed by atoms with Crippen molar-refractivity contribution < 1.29 is 23.1 Å². The molecule has 3 nitrogen and oxygen atoms in total. The summed E-state index contributed by atoms with van der Waals surface area (Å²) in [4.78, 5) is 14.3. The number of hydrogen-bond donors (Lipinski definition) is 1. The van der Waals surface area contributed by atoms with E-state index in [0.29, 0.717) is 0 Å². The van der Waals surface area contributed by atoms with Gasteiger partial charge in [0.2, 0.25) is 0 Å². The van der Waals surface area contributed by atoms with Crippen LogP contribution in [0.4, 0.5) is 13.2 Å². The Bertz CT molecular complexity index is 686. The van der Waals surface area contributed by atoms with E-state index in [-0.39, 0.29) is 15.9 Å². The molecule has 0 bridgehead atoms. The Morgan fingerprint density at radius 2 is 1.89 bits per heavy atom. The summed E-state index contributed by atoms with van der Waals surface area (Å²) in [5.41, 5.74) is -2.68. The SMILES string of the molecule is O=C(O)c1c(C(F)(F)F)nc2ccc(Cl)cc2c1Cl. The Morgan fingerprint density at radius 1 is 1.26 bits per heavy atom.